The molecule has 5 N–H and O–H groups in total. The van der Waals surface area contributed by atoms with Crippen LogP contribution in [-0.4, -0.2) is 64.1 Å². The molecule has 32 heavy (non-hydrogen) atoms. The minimum atomic E-state index is -2.67. The number of anilines is 1. The van der Waals surface area contributed by atoms with Crippen LogP contribution in [-0.2, 0) is 32.2 Å². The first kappa shape index (κ1) is 22.1. The number of hydrogen-bond donors (Lipinski definition) is 4. The Morgan fingerprint density at radius 2 is 1.84 bits per heavy atom. The molecule has 170 valence electrons. The molecule has 10 heteroatoms. The Morgan fingerprint density at radius 3 is 2.41 bits per heavy atom. The highest BCUT2D eigenvalue weighted by Crippen LogP contribution is 2.51. The van der Waals surface area contributed by atoms with Crippen molar-refractivity contribution in [3.05, 3.63) is 22.8 Å². The summed E-state index contributed by atoms with van der Waals surface area (Å²) in [7, 11) is 3.47. The van der Waals surface area contributed by atoms with E-state index in [1.807, 2.05) is 0 Å². The van der Waals surface area contributed by atoms with Crippen LogP contribution in [0.4, 0.5) is 5.69 Å². The average Bonchev–Trinajstić information content (AvgIpc) is 2.70. The first-order valence-electron chi connectivity index (χ1n) is 10.3. The van der Waals surface area contributed by atoms with E-state index in [1.54, 1.807) is 25.1 Å². The number of hydrogen-bond acceptors (Lipinski definition) is 9. The number of aliphatic hydroxyl groups excluding tert-OH is 1. The molecule has 2 unspecified atom stereocenters. The number of nitrogens with zero attached hydrogens (tertiary/aromatic N) is 1. The number of phenols is 1. The van der Waals surface area contributed by atoms with E-state index in [4.69, 9.17) is 5.73 Å². The zero-order chi connectivity index (χ0) is 23.7. The van der Waals surface area contributed by atoms with Gasteiger partial charge in [-0.15, -0.1) is 0 Å². The maximum atomic E-state index is 13.5. The minimum absolute atomic E-state index is 0.0381. The first-order chi connectivity index (χ1) is 14.9. The lowest BCUT2D eigenvalue weighted by atomic mass is 9.53. The van der Waals surface area contributed by atoms with Gasteiger partial charge >= 0.3 is 0 Å². The van der Waals surface area contributed by atoms with Crippen LogP contribution < -0.4 is 10.6 Å². The second-order valence-corrected chi connectivity index (χ2v) is 9.05. The number of rotatable bonds is 3. The van der Waals surface area contributed by atoms with Crippen molar-refractivity contribution in [1.29, 1.82) is 0 Å². The number of amides is 1. The van der Waals surface area contributed by atoms with E-state index in [0.29, 0.717) is 11.3 Å². The van der Waals surface area contributed by atoms with E-state index in [2.05, 4.69) is 0 Å². The standard InChI is InChI=1S/C22H24N2O8/c1-24(2)12-5-9(7-25)17(27)15-11(12)4-8-3-10-6-13(26)16(21(23)31)20(30)22(10,32)19(29)14(8)18(15)28/h5,8,10,14,16,25,27,32H,3-4,6-7H2,1-2H3,(H2,23,31)/t8-,10+,14?,16?,22+/m1/s1. The van der Waals surface area contributed by atoms with Gasteiger partial charge in [0.15, 0.2) is 34.7 Å². The molecule has 2 fully saturated rings. The van der Waals surface area contributed by atoms with Gasteiger partial charge in [-0.1, -0.05) is 0 Å². The topological polar surface area (TPSA) is 175 Å². The molecule has 2 saturated carbocycles. The van der Waals surface area contributed by atoms with Crippen LogP contribution in [0.25, 0.3) is 0 Å². The van der Waals surface area contributed by atoms with Crippen LogP contribution in [0.1, 0.15) is 34.3 Å². The largest absolute Gasteiger partial charge is 0.507 e. The van der Waals surface area contributed by atoms with Gasteiger partial charge in [0.25, 0.3) is 0 Å². The van der Waals surface area contributed by atoms with E-state index in [-0.39, 0.29) is 30.4 Å². The maximum Gasteiger partial charge on any atom is 0.235 e. The van der Waals surface area contributed by atoms with Gasteiger partial charge < -0.3 is 26.0 Å². The molecular weight excluding hydrogens is 420 g/mol. The molecule has 3 aliphatic carbocycles. The summed E-state index contributed by atoms with van der Waals surface area (Å²) in [6.45, 7) is -0.540. The molecule has 10 nitrogen and oxygen atoms in total. The summed E-state index contributed by atoms with van der Waals surface area (Å²) in [5.41, 5.74) is 3.56. The molecule has 0 radical (unpaired) electrons. The number of benzene rings is 1. The highest BCUT2D eigenvalue weighted by molar-refractivity contribution is 6.31. The molecule has 0 spiro atoms. The van der Waals surface area contributed by atoms with Crippen LogP contribution >= 0.6 is 0 Å². The third kappa shape index (κ3) is 2.75. The molecule has 0 bridgehead atoms. The monoisotopic (exact) mass is 444 g/mol. The third-order valence-electron chi connectivity index (χ3n) is 7.11. The smallest absolute Gasteiger partial charge is 0.235 e. The molecule has 0 heterocycles. The molecule has 1 aromatic carbocycles. The van der Waals surface area contributed by atoms with Gasteiger partial charge in [0, 0.05) is 37.7 Å². The van der Waals surface area contributed by atoms with Crippen LogP contribution in [0, 0.1) is 23.7 Å². The summed E-state index contributed by atoms with van der Waals surface area (Å²) < 4.78 is 0. The summed E-state index contributed by atoms with van der Waals surface area (Å²) in [6.07, 6.45) is -0.143. The van der Waals surface area contributed by atoms with E-state index in [0.717, 1.165) is 0 Å². The molecule has 1 amide bonds. The highest BCUT2D eigenvalue weighted by Gasteiger charge is 2.66. The molecule has 0 saturated heterocycles. The van der Waals surface area contributed by atoms with Crippen molar-refractivity contribution in [1.82, 2.24) is 0 Å². The number of aliphatic hydroxyl groups is 2. The number of ketones is 4. The van der Waals surface area contributed by atoms with Crippen molar-refractivity contribution in [3.8, 4) is 5.75 Å². The van der Waals surface area contributed by atoms with Crippen molar-refractivity contribution in [2.24, 2.45) is 29.4 Å². The maximum absolute atomic E-state index is 13.5. The van der Waals surface area contributed by atoms with Crippen LogP contribution in [0.2, 0.25) is 0 Å². The lowest BCUT2D eigenvalue weighted by Crippen LogP contribution is -2.68. The number of fused-ring (bicyclic) bond motifs is 3. The number of aromatic hydroxyl groups is 1. The molecule has 0 aliphatic heterocycles. The Kier molecular flexibility index (Phi) is 4.98. The second kappa shape index (κ2) is 7.21. The minimum Gasteiger partial charge on any atom is -0.507 e. The van der Waals surface area contributed by atoms with Gasteiger partial charge in [-0.25, -0.2) is 0 Å². The van der Waals surface area contributed by atoms with Gasteiger partial charge in [0.1, 0.15) is 5.75 Å². The molecule has 5 atom stereocenters. The van der Waals surface area contributed by atoms with Crippen LogP contribution in [0.15, 0.2) is 6.07 Å². The van der Waals surface area contributed by atoms with Crippen molar-refractivity contribution in [2.45, 2.75) is 31.5 Å². The van der Waals surface area contributed by atoms with E-state index in [1.165, 1.54) is 0 Å². The summed E-state index contributed by atoms with van der Waals surface area (Å²) >= 11 is 0. The lowest BCUT2D eigenvalue weighted by molar-refractivity contribution is -0.175. The van der Waals surface area contributed by atoms with Crippen molar-refractivity contribution in [3.63, 3.8) is 0 Å². The fourth-order valence-electron chi connectivity index (χ4n) is 5.59. The van der Waals surface area contributed by atoms with E-state index < -0.39 is 70.7 Å². The molecule has 1 aromatic rings. The Bertz CT molecular complexity index is 1090. The van der Waals surface area contributed by atoms with Gasteiger partial charge in [-0.3, -0.25) is 24.0 Å². The summed E-state index contributed by atoms with van der Waals surface area (Å²) in [4.78, 5) is 65.5. The third-order valence-corrected chi connectivity index (χ3v) is 7.11. The van der Waals surface area contributed by atoms with E-state index >= 15 is 0 Å². The predicted octanol–water partition coefficient (Wildman–Crippen LogP) is -1.11. The van der Waals surface area contributed by atoms with Crippen LogP contribution in [0.5, 0.6) is 5.75 Å². The Hall–Kier alpha value is -3.11. The number of primary amides is 1. The lowest BCUT2D eigenvalue weighted by Gasteiger charge is -2.48. The summed E-state index contributed by atoms with van der Waals surface area (Å²) in [6, 6.07) is 1.56. The van der Waals surface area contributed by atoms with Crippen molar-refractivity contribution >= 4 is 34.7 Å². The fraction of sp³-hybridized carbons (Fsp3) is 0.500. The van der Waals surface area contributed by atoms with Gasteiger partial charge in [0.2, 0.25) is 5.91 Å². The number of nitrogens with two attached hydrogens (primary N) is 1. The van der Waals surface area contributed by atoms with Gasteiger partial charge in [0.05, 0.1) is 18.1 Å². The van der Waals surface area contributed by atoms with Gasteiger partial charge in [-0.05, 0) is 30.4 Å². The quantitative estimate of drug-likeness (QED) is 0.421. The first-order valence-corrected chi connectivity index (χ1v) is 10.3. The summed E-state index contributed by atoms with van der Waals surface area (Å²) in [5, 5.41) is 31.4. The summed E-state index contributed by atoms with van der Waals surface area (Å²) in [5.74, 6) is -10.6. The molecule has 4 rings (SSSR count). The predicted molar refractivity (Wildman–Crippen MR) is 109 cm³/mol. The number of carbonyl (C=O) groups is 5. The Balaban J connectivity index is 1.86. The molecule has 3 aliphatic rings. The zero-order valence-corrected chi connectivity index (χ0v) is 17.6. The van der Waals surface area contributed by atoms with Crippen molar-refractivity contribution in [2.75, 3.05) is 19.0 Å². The fourth-order valence-corrected chi connectivity index (χ4v) is 5.59. The number of Topliss-reactive ketones (excluding diaryl/α,β-unsaturated/α-hetero) is 4. The number of carbonyl (C=O) groups excluding carboxylic acids is 5. The molecule has 0 aromatic heterocycles. The van der Waals surface area contributed by atoms with Gasteiger partial charge in [-0.2, -0.15) is 0 Å². The molecular formula is C22H24N2O8. The van der Waals surface area contributed by atoms with E-state index in [9.17, 15) is 39.3 Å². The SMILES string of the molecule is CN(C)c1cc(CO)c(O)c2c1C[C@H]1C[C@H]3CC(=O)C(C(N)=O)C(=O)[C@@]3(O)C(=O)C1C2=O. The van der Waals surface area contributed by atoms with Crippen molar-refractivity contribution < 1.29 is 39.3 Å². The highest BCUT2D eigenvalue weighted by atomic mass is 16.3. The average molecular weight is 444 g/mol. The normalized spacial score (nSPS) is 31.6. The van der Waals surface area contributed by atoms with Crippen LogP contribution in [0.3, 0.4) is 0 Å². The Morgan fingerprint density at radius 1 is 1.19 bits per heavy atom. The Labute approximate surface area is 183 Å². The zero-order valence-electron chi connectivity index (χ0n) is 17.6. The second-order valence-electron chi connectivity index (χ2n) is 9.05.